The van der Waals surface area contributed by atoms with Gasteiger partial charge >= 0.3 is 0 Å². The Hall–Kier alpha value is -8.21. The molecule has 0 saturated carbocycles. The van der Waals surface area contributed by atoms with Crippen molar-refractivity contribution in [3.63, 3.8) is 0 Å². The molecule has 0 saturated heterocycles. The van der Waals surface area contributed by atoms with E-state index in [0.29, 0.717) is 17.5 Å². The fourth-order valence-electron chi connectivity index (χ4n) is 9.94. The zero-order valence-electron chi connectivity index (χ0n) is 35.6. The second-order valence-electron chi connectivity index (χ2n) is 17.2. The standard InChI is InChI=1S/C60H42N4/c1-60(2)53-27-13-12-24-49(53)51-26-15-25-48(56(51)60)46-33-35-54-52(37-46)50-34-32-45(38-55(50)64(54)47-23-14-22-44(36-47)39-16-6-3-7-17-39)40-28-30-43(31-29-40)59-62-57(41-18-8-4-9-19-41)61-58(63-59)42-20-10-5-11-21-42/h3-38H,1-2H3. The van der Waals surface area contributed by atoms with Crippen LogP contribution < -0.4 is 0 Å². The fourth-order valence-corrected chi connectivity index (χ4v) is 9.94. The SMILES string of the molecule is CC1(C)c2ccccc2-c2cccc(-c3ccc4c(c3)c3ccc(-c5ccc(-c6nc(-c7ccccc7)nc(-c7ccccc7)n6)cc5)cc3n4-c3cccc(-c4ccccc4)c3)c21. The van der Waals surface area contributed by atoms with Crippen LogP contribution in [0, 0.1) is 0 Å². The van der Waals surface area contributed by atoms with Gasteiger partial charge in [0.15, 0.2) is 17.5 Å². The van der Waals surface area contributed by atoms with Gasteiger partial charge in [0.2, 0.25) is 0 Å². The van der Waals surface area contributed by atoms with Crippen LogP contribution in [0.15, 0.2) is 218 Å². The number of hydrogen-bond acceptors (Lipinski definition) is 3. The average molecular weight is 819 g/mol. The highest BCUT2D eigenvalue weighted by atomic mass is 15.0. The quantitative estimate of drug-likeness (QED) is 0.161. The Morgan fingerprint density at radius 2 is 0.812 bits per heavy atom. The molecule has 11 aromatic rings. The molecule has 4 nitrogen and oxygen atoms in total. The molecule has 0 atom stereocenters. The first-order valence-corrected chi connectivity index (χ1v) is 21.9. The molecule has 0 amide bonds. The lowest BCUT2D eigenvalue weighted by atomic mass is 9.79. The molecule has 1 aliphatic carbocycles. The van der Waals surface area contributed by atoms with Crippen molar-refractivity contribution in [2.45, 2.75) is 19.3 Å². The molecular formula is C60H42N4. The van der Waals surface area contributed by atoms with Gasteiger partial charge in [0, 0.05) is 38.6 Å². The van der Waals surface area contributed by atoms with E-state index in [1.165, 1.54) is 60.8 Å². The van der Waals surface area contributed by atoms with Crippen LogP contribution in [0.5, 0.6) is 0 Å². The summed E-state index contributed by atoms with van der Waals surface area (Å²) >= 11 is 0. The Kier molecular flexibility index (Phi) is 8.80. The molecule has 0 aliphatic heterocycles. The first-order valence-electron chi connectivity index (χ1n) is 21.9. The van der Waals surface area contributed by atoms with Gasteiger partial charge in [-0.2, -0.15) is 0 Å². The van der Waals surface area contributed by atoms with Crippen molar-refractivity contribution in [3.05, 3.63) is 230 Å². The monoisotopic (exact) mass is 818 g/mol. The summed E-state index contributed by atoms with van der Waals surface area (Å²) in [7, 11) is 0. The van der Waals surface area contributed by atoms with E-state index in [1.807, 2.05) is 60.7 Å². The van der Waals surface area contributed by atoms with Crippen LogP contribution in [0.4, 0.5) is 0 Å². The smallest absolute Gasteiger partial charge is 0.164 e. The highest BCUT2D eigenvalue weighted by Gasteiger charge is 2.37. The molecule has 0 N–H and O–H groups in total. The zero-order valence-corrected chi connectivity index (χ0v) is 35.6. The zero-order chi connectivity index (χ0) is 42.8. The molecule has 0 unspecified atom stereocenters. The molecule has 0 fully saturated rings. The summed E-state index contributed by atoms with van der Waals surface area (Å²) in [6, 6.07) is 78.1. The average Bonchev–Trinajstić information content (AvgIpc) is 3.82. The third-order valence-corrected chi connectivity index (χ3v) is 13.0. The lowest BCUT2D eigenvalue weighted by molar-refractivity contribution is 0.662. The Morgan fingerprint density at radius 3 is 1.50 bits per heavy atom. The van der Waals surface area contributed by atoms with Gasteiger partial charge < -0.3 is 4.57 Å². The lowest BCUT2D eigenvalue weighted by Crippen LogP contribution is -2.16. The van der Waals surface area contributed by atoms with Crippen molar-refractivity contribution in [1.29, 1.82) is 0 Å². The minimum Gasteiger partial charge on any atom is -0.309 e. The van der Waals surface area contributed by atoms with Crippen molar-refractivity contribution in [1.82, 2.24) is 19.5 Å². The van der Waals surface area contributed by atoms with E-state index in [9.17, 15) is 0 Å². The summed E-state index contributed by atoms with van der Waals surface area (Å²) in [4.78, 5) is 14.9. The van der Waals surface area contributed by atoms with Crippen molar-refractivity contribution >= 4 is 21.8 Å². The highest BCUT2D eigenvalue weighted by molar-refractivity contribution is 6.11. The highest BCUT2D eigenvalue weighted by Crippen LogP contribution is 2.52. The normalized spacial score (nSPS) is 12.7. The van der Waals surface area contributed by atoms with Crippen molar-refractivity contribution in [3.8, 4) is 84.4 Å². The molecule has 12 rings (SSSR count). The van der Waals surface area contributed by atoms with Gasteiger partial charge in [0.05, 0.1) is 11.0 Å². The molecule has 1 aliphatic rings. The van der Waals surface area contributed by atoms with Gasteiger partial charge in [-0.1, -0.05) is 202 Å². The van der Waals surface area contributed by atoms with E-state index < -0.39 is 0 Å². The number of benzene rings is 9. The molecule has 2 aromatic heterocycles. The molecule has 0 spiro atoms. The Balaban J connectivity index is 0.995. The van der Waals surface area contributed by atoms with E-state index in [-0.39, 0.29) is 5.41 Å². The summed E-state index contributed by atoms with van der Waals surface area (Å²) in [5, 5.41) is 2.44. The van der Waals surface area contributed by atoms with Gasteiger partial charge in [-0.15, -0.1) is 0 Å². The first-order chi connectivity index (χ1) is 31.5. The van der Waals surface area contributed by atoms with Gasteiger partial charge in [0.25, 0.3) is 0 Å². The van der Waals surface area contributed by atoms with Crippen molar-refractivity contribution in [2.75, 3.05) is 0 Å². The van der Waals surface area contributed by atoms with E-state index >= 15 is 0 Å². The molecule has 0 bridgehead atoms. The van der Waals surface area contributed by atoms with Crippen molar-refractivity contribution in [2.24, 2.45) is 0 Å². The summed E-state index contributed by atoms with van der Waals surface area (Å²) < 4.78 is 2.44. The van der Waals surface area contributed by atoms with E-state index in [4.69, 9.17) is 15.0 Å². The van der Waals surface area contributed by atoms with Crippen LogP contribution in [0.25, 0.3) is 106 Å². The molecule has 9 aromatic carbocycles. The largest absolute Gasteiger partial charge is 0.309 e. The molecule has 4 heteroatoms. The van der Waals surface area contributed by atoms with Crippen LogP contribution in [-0.2, 0) is 5.41 Å². The predicted molar refractivity (Wildman–Crippen MR) is 264 cm³/mol. The van der Waals surface area contributed by atoms with Crippen LogP contribution >= 0.6 is 0 Å². The van der Waals surface area contributed by atoms with E-state index in [0.717, 1.165) is 39.0 Å². The summed E-state index contributed by atoms with van der Waals surface area (Å²) in [5.41, 5.74) is 18.7. The fraction of sp³-hybridized carbons (Fsp3) is 0.0500. The van der Waals surface area contributed by atoms with Crippen molar-refractivity contribution < 1.29 is 0 Å². The summed E-state index contributed by atoms with van der Waals surface area (Å²) in [6.07, 6.45) is 0. The number of nitrogens with zero attached hydrogens (tertiary/aromatic N) is 4. The number of fused-ring (bicyclic) bond motifs is 6. The van der Waals surface area contributed by atoms with Gasteiger partial charge in [-0.25, -0.2) is 15.0 Å². The minimum atomic E-state index is -0.119. The summed E-state index contributed by atoms with van der Waals surface area (Å²) in [5.74, 6) is 1.94. The maximum absolute atomic E-state index is 4.98. The molecule has 0 radical (unpaired) electrons. The van der Waals surface area contributed by atoms with Crippen LogP contribution in [0.3, 0.4) is 0 Å². The minimum absolute atomic E-state index is 0.119. The second-order valence-corrected chi connectivity index (χ2v) is 17.2. The number of aromatic nitrogens is 4. The molecular weight excluding hydrogens is 777 g/mol. The predicted octanol–water partition coefficient (Wildman–Crippen LogP) is 15.3. The summed E-state index contributed by atoms with van der Waals surface area (Å²) in [6.45, 7) is 4.74. The van der Waals surface area contributed by atoms with Gasteiger partial charge in [0.1, 0.15) is 0 Å². The number of hydrogen-bond donors (Lipinski definition) is 0. The Labute approximate surface area is 372 Å². The van der Waals surface area contributed by atoms with E-state index in [2.05, 4.69) is 176 Å². The molecule has 64 heavy (non-hydrogen) atoms. The van der Waals surface area contributed by atoms with E-state index in [1.54, 1.807) is 0 Å². The second kappa shape index (κ2) is 15.0. The lowest BCUT2D eigenvalue weighted by Gasteiger charge is -2.24. The number of rotatable bonds is 7. The van der Waals surface area contributed by atoms with Gasteiger partial charge in [-0.05, 0) is 86.0 Å². The topological polar surface area (TPSA) is 43.6 Å². The third kappa shape index (κ3) is 6.26. The maximum Gasteiger partial charge on any atom is 0.164 e. The third-order valence-electron chi connectivity index (χ3n) is 13.0. The Morgan fingerprint density at radius 1 is 0.328 bits per heavy atom. The molecule has 2 heterocycles. The van der Waals surface area contributed by atoms with Crippen LogP contribution in [-0.4, -0.2) is 19.5 Å². The maximum atomic E-state index is 4.98. The molecule has 302 valence electrons. The van der Waals surface area contributed by atoms with Crippen LogP contribution in [0.2, 0.25) is 0 Å². The van der Waals surface area contributed by atoms with Crippen LogP contribution in [0.1, 0.15) is 25.0 Å². The Bertz CT molecular complexity index is 3490. The van der Waals surface area contributed by atoms with Gasteiger partial charge in [-0.3, -0.25) is 0 Å². The first kappa shape index (κ1) is 37.5.